The number of thiophene rings is 1. The molecule has 0 amide bonds. The van der Waals surface area contributed by atoms with Crippen molar-refractivity contribution in [2.45, 2.75) is 19.3 Å². The highest BCUT2D eigenvalue weighted by Crippen LogP contribution is 2.36. The zero-order valence-corrected chi connectivity index (χ0v) is 11.4. The maximum absolute atomic E-state index is 11.2. The SMILES string of the molecule is CC(C)(C(=O)O)c1csc2cc(Br)ccc12. The largest absolute Gasteiger partial charge is 0.481 e. The number of aliphatic carboxylic acids is 1. The molecular formula is C12H11BrO2S. The molecule has 1 N–H and O–H groups in total. The third-order valence-corrected chi connectivity index (χ3v) is 4.18. The molecular weight excluding hydrogens is 288 g/mol. The number of carbonyl (C=O) groups is 1. The Kier molecular flexibility index (Phi) is 2.80. The van der Waals surface area contributed by atoms with Crippen molar-refractivity contribution in [2.24, 2.45) is 0 Å². The number of halogens is 1. The van der Waals surface area contributed by atoms with E-state index in [-0.39, 0.29) is 0 Å². The zero-order chi connectivity index (χ0) is 11.9. The molecule has 0 fully saturated rings. The van der Waals surface area contributed by atoms with Crippen LogP contribution in [-0.2, 0) is 10.2 Å². The van der Waals surface area contributed by atoms with Crippen molar-refractivity contribution >= 4 is 43.3 Å². The van der Waals surface area contributed by atoms with E-state index >= 15 is 0 Å². The van der Waals surface area contributed by atoms with Gasteiger partial charge >= 0.3 is 5.97 Å². The van der Waals surface area contributed by atoms with Crippen molar-refractivity contribution in [1.82, 2.24) is 0 Å². The molecule has 0 atom stereocenters. The molecule has 16 heavy (non-hydrogen) atoms. The Bertz CT molecular complexity index is 557. The van der Waals surface area contributed by atoms with Gasteiger partial charge in [-0.1, -0.05) is 22.0 Å². The summed E-state index contributed by atoms with van der Waals surface area (Å²) in [5.74, 6) is -0.796. The first-order chi connectivity index (χ1) is 7.43. The average molecular weight is 299 g/mol. The van der Waals surface area contributed by atoms with Crippen LogP contribution >= 0.6 is 27.3 Å². The lowest BCUT2D eigenvalue weighted by Crippen LogP contribution is -2.28. The molecule has 1 aromatic carbocycles. The number of carboxylic acid groups (broad SMARTS) is 1. The minimum Gasteiger partial charge on any atom is -0.481 e. The van der Waals surface area contributed by atoms with E-state index in [0.29, 0.717) is 0 Å². The molecule has 0 saturated heterocycles. The quantitative estimate of drug-likeness (QED) is 0.909. The number of hydrogen-bond donors (Lipinski definition) is 1. The van der Waals surface area contributed by atoms with Gasteiger partial charge in [0, 0.05) is 9.17 Å². The summed E-state index contributed by atoms with van der Waals surface area (Å²) in [5.41, 5.74) is 0.0408. The monoisotopic (exact) mass is 298 g/mol. The maximum atomic E-state index is 11.2. The summed E-state index contributed by atoms with van der Waals surface area (Å²) in [6, 6.07) is 5.92. The number of fused-ring (bicyclic) bond motifs is 1. The van der Waals surface area contributed by atoms with Crippen molar-refractivity contribution in [3.8, 4) is 0 Å². The summed E-state index contributed by atoms with van der Waals surface area (Å²) < 4.78 is 2.13. The fourth-order valence-corrected chi connectivity index (χ4v) is 3.28. The predicted molar refractivity (Wildman–Crippen MR) is 70.2 cm³/mol. The number of carboxylic acids is 1. The Morgan fingerprint density at radius 1 is 1.44 bits per heavy atom. The van der Waals surface area contributed by atoms with Crippen LogP contribution < -0.4 is 0 Å². The van der Waals surface area contributed by atoms with E-state index in [9.17, 15) is 9.90 Å². The molecule has 4 heteroatoms. The van der Waals surface area contributed by atoms with E-state index in [1.807, 2.05) is 23.6 Å². The summed E-state index contributed by atoms with van der Waals surface area (Å²) in [5, 5.41) is 12.2. The predicted octanol–water partition coefficient (Wildman–Crippen LogP) is 4.03. The van der Waals surface area contributed by atoms with Crippen LogP contribution in [0.15, 0.2) is 28.1 Å². The minimum absolute atomic E-state index is 0.796. The van der Waals surface area contributed by atoms with E-state index in [4.69, 9.17) is 0 Å². The van der Waals surface area contributed by atoms with Gasteiger partial charge in [0.2, 0.25) is 0 Å². The lowest BCUT2D eigenvalue weighted by atomic mass is 9.85. The molecule has 0 radical (unpaired) electrons. The zero-order valence-electron chi connectivity index (χ0n) is 8.95. The summed E-state index contributed by atoms with van der Waals surface area (Å²) in [6.07, 6.45) is 0. The van der Waals surface area contributed by atoms with Crippen LogP contribution in [0.5, 0.6) is 0 Å². The van der Waals surface area contributed by atoms with Gasteiger partial charge in [-0.25, -0.2) is 0 Å². The molecule has 1 aromatic heterocycles. The summed E-state index contributed by atoms with van der Waals surface area (Å²) >= 11 is 4.99. The van der Waals surface area contributed by atoms with Crippen LogP contribution in [-0.4, -0.2) is 11.1 Å². The molecule has 2 rings (SSSR count). The Balaban J connectivity index is 2.67. The smallest absolute Gasteiger partial charge is 0.313 e. The normalized spacial score (nSPS) is 11.9. The van der Waals surface area contributed by atoms with E-state index in [1.54, 1.807) is 25.2 Å². The summed E-state index contributed by atoms with van der Waals surface area (Å²) in [6.45, 7) is 3.47. The third-order valence-electron chi connectivity index (χ3n) is 2.75. The van der Waals surface area contributed by atoms with Gasteiger partial charge in [-0.05, 0) is 42.3 Å². The fourth-order valence-electron chi connectivity index (χ4n) is 1.60. The Morgan fingerprint density at radius 2 is 2.12 bits per heavy atom. The third kappa shape index (κ3) is 1.76. The minimum atomic E-state index is -0.841. The first-order valence-corrected chi connectivity index (χ1v) is 6.51. The van der Waals surface area contributed by atoms with Crippen molar-refractivity contribution in [1.29, 1.82) is 0 Å². The molecule has 0 spiro atoms. The van der Waals surface area contributed by atoms with Gasteiger partial charge in [-0.15, -0.1) is 11.3 Å². The molecule has 0 unspecified atom stereocenters. The van der Waals surface area contributed by atoms with Crippen LogP contribution in [0, 0.1) is 0 Å². The lowest BCUT2D eigenvalue weighted by Gasteiger charge is -2.18. The van der Waals surface area contributed by atoms with Crippen molar-refractivity contribution in [2.75, 3.05) is 0 Å². The summed E-state index contributed by atoms with van der Waals surface area (Å²) in [7, 11) is 0. The molecule has 0 aliphatic carbocycles. The molecule has 2 aromatic rings. The second-order valence-corrected chi connectivity index (χ2v) is 6.05. The number of hydrogen-bond acceptors (Lipinski definition) is 2. The van der Waals surface area contributed by atoms with Crippen molar-refractivity contribution in [3.05, 3.63) is 33.6 Å². The number of benzene rings is 1. The van der Waals surface area contributed by atoms with Crippen LogP contribution in [0.3, 0.4) is 0 Å². The second-order valence-electron chi connectivity index (χ2n) is 4.22. The molecule has 0 aliphatic heterocycles. The second kappa shape index (κ2) is 3.86. The van der Waals surface area contributed by atoms with Gasteiger partial charge in [-0.3, -0.25) is 4.79 Å². The summed E-state index contributed by atoms with van der Waals surface area (Å²) in [4.78, 5) is 11.2. The Morgan fingerprint density at radius 3 is 2.75 bits per heavy atom. The highest BCUT2D eigenvalue weighted by atomic mass is 79.9. The lowest BCUT2D eigenvalue weighted by molar-refractivity contribution is -0.142. The van der Waals surface area contributed by atoms with Crippen LogP contribution in [0.4, 0.5) is 0 Å². The molecule has 84 valence electrons. The topological polar surface area (TPSA) is 37.3 Å². The van der Waals surface area contributed by atoms with Gasteiger partial charge in [0.05, 0.1) is 5.41 Å². The van der Waals surface area contributed by atoms with E-state index in [1.165, 1.54) is 0 Å². The maximum Gasteiger partial charge on any atom is 0.313 e. The van der Waals surface area contributed by atoms with Gasteiger partial charge in [0.1, 0.15) is 0 Å². The van der Waals surface area contributed by atoms with Gasteiger partial charge in [-0.2, -0.15) is 0 Å². The first kappa shape index (κ1) is 11.6. The van der Waals surface area contributed by atoms with Gasteiger partial charge in [0.15, 0.2) is 0 Å². The van der Waals surface area contributed by atoms with Crippen LogP contribution in [0.25, 0.3) is 10.1 Å². The highest BCUT2D eigenvalue weighted by Gasteiger charge is 2.31. The molecule has 2 nitrogen and oxygen atoms in total. The van der Waals surface area contributed by atoms with E-state index in [2.05, 4.69) is 15.9 Å². The van der Waals surface area contributed by atoms with Crippen molar-refractivity contribution < 1.29 is 9.90 Å². The number of rotatable bonds is 2. The molecule has 0 aliphatic rings. The molecule has 1 heterocycles. The molecule has 0 saturated carbocycles. The van der Waals surface area contributed by atoms with Crippen LogP contribution in [0.1, 0.15) is 19.4 Å². The van der Waals surface area contributed by atoms with Gasteiger partial charge in [0.25, 0.3) is 0 Å². The fraction of sp³-hybridized carbons (Fsp3) is 0.250. The van der Waals surface area contributed by atoms with E-state index < -0.39 is 11.4 Å². The Hall–Kier alpha value is -0.870. The first-order valence-electron chi connectivity index (χ1n) is 4.83. The van der Waals surface area contributed by atoms with Gasteiger partial charge < -0.3 is 5.11 Å². The van der Waals surface area contributed by atoms with Crippen molar-refractivity contribution in [3.63, 3.8) is 0 Å². The Labute approximate surface area is 106 Å². The standard InChI is InChI=1S/C12H11BrO2S/c1-12(2,11(14)15)9-6-16-10-5-7(13)3-4-8(9)10/h3-6H,1-2H3,(H,14,15). The van der Waals surface area contributed by atoms with E-state index in [0.717, 1.165) is 20.1 Å². The highest BCUT2D eigenvalue weighted by molar-refractivity contribution is 9.10. The molecule has 0 bridgehead atoms. The van der Waals surface area contributed by atoms with Crippen LogP contribution in [0.2, 0.25) is 0 Å². The average Bonchev–Trinajstić information content (AvgIpc) is 2.60.